The summed E-state index contributed by atoms with van der Waals surface area (Å²) in [6.45, 7) is 16.7. The van der Waals surface area contributed by atoms with E-state index in [0.29, 0.717) is 0 Å². The van der Waals surface area contributed by atoms with E-state index in [0.717, 1.165) is 19.1 Å². The van der Waals surface area contributed by atoms with E-state index in [9.17, 15) is 0 Å². The monoisotopic (exact) mass is 297 g/mol. The van der Waals surface area contributed by atoms with Crippen molar-refractivity contribution in [2.75, 3.05) is 32.8 Å². The third-order valence-corrected chi connectivity index (χ3v) is 3.81. The lowest BCUT2D eigenvalue weighted by atomic mass is 10.0. The van der Waals surface area contributed by atoms with E-state index in [2.05, 4.69) is 45.6 Å². The van der Waals surface area contributed by atoms with Gasteiger partial charge in [-0.1, -0.05) is 32.4 Å². The van der Waals surface area contributed by atoms with Crippen LogP contribution in [0.4, 0.5) is 0 Å². The Morgan fingerprint density at radius 1 is 1.00 bits per heavy atom. The Morgan fingerprint density at radius 2 is 1.67 bits per heavy atom. The Bertz CT molecular complexity index is 240. The Hall–Kier alpha value is -0.340. The molecule has 0 radical (unpaired) electrons. The van der Waals surface area contributed by atoms with Crippen molar-refractivity contribution >= 4 is 0 Å². The first-order chi connectivity index (χ1) is 10.1. The van der Waals surface area contributed by atoms with Crippen molar-refractivity contribution in [3.8, 4) is 0 Å². The zero-order chi connectivity index (χ0) is 15.9. The van der Waals surface area contributed by atoms with Crippen LogP contribution < -0.4 is 0 Å². The van der Waals surface area contributed by atoms with E-state index in [-0.39, 0.29) is 0 Å². The lowest BCUT2D eigenvalue weighted by Gasteiger charge is -2.20. The number of hydrogen-bond acceptors (Lipinski definition) is 2. The van der Waals surface area contributed by atoms with E-state index >= 15 is 0 Å². The molecule has 0 aliphatic carbocycles. The van der Waals surface area contributed by atoms with Crippen LogP contribution in [-0.4, -0.2) is 37.7 Å². The first-order valence-electron chi connectivity index (χ1n) is 9.03. The molecule has 0 rings (SSSR count). The lowest BCUT2D eigenvalue weighted by Crippen LogP contribution is -2.27. The lowest BCUT2D eigenvalue weighted by molar-refractivity contribution is 0.109. The average molecular weight is 298 g/mol. The molecule has 21 heavy (non-hydrogen) atoms. The van der Waals surface area contributed by atoms with Gasteiger partial charge >= 0.3 is 0 Å². The van der Waals surface area contributed by atoms with Crippen molar-refractivity contribution < 1.29 is 4.74 Å². The maximum absolute atomic E-state index is 5.80. The third kappa shape index (κ3) is 14.4. The molecule has 1 unspecified atom stereocenters. The summed E-state index contributed by atoms with van der Waals surface area (Å²) in [5, 5.41) is 0. The number of nitrogens with zero attached hydrogens (tertiary/aromatic N) is 1. The molecular formula is C19H39NO. The average Bonchev–Trinajstić information content (AvgIpc) is 2.42. The molecule has 0 fully saturated rings. The van der Waals surface area contributed by atoms with E-state index in [1.165, 1.54) is 63.7 Å². The van der Waals surface area contributed by atoms with Gasteiger partial charge in [-0.15, -0.1) is 0 Å². The number of rotatable bonds is 14. The maximum Gasteiger partial charge on any atom is 0.0478 e. The van der Waals surface area contributed by atoms with Crippen LogP contribution in [0.25, 0.3) is 0 Å². The van der Waals surface area contributed by atoms with Gasteiger partial charge in [-0.05, 0) is 71.4 Å². The van der Waals surface area contributed by atoms with Gasteiger partial charge in [0.1, 0.15) is 0 Å². The normalized spacial score (nSPS) is 12.7. The summed E-state index contributed by atoms with van der Waals surface area (Å²) in [7, 11) is 0. The summed E-state index contributed by atoms with van der Waals surface area (Å²) in [6.07, 6.45) is 9.72. The third-order valence-electron chi connectivity index (χ3n) is 3.81. The van der Waals surface area contributed by atoms with Crippen molar-refractivity contribution in [1.29, 1.82) is 0 Å². The molecule has 0 N–H and O–H groups in total. The second-order valence-corrected chi connectivity index (χ2v) is 6.56. The minimum Gasteiger partial charge on any atom is -0.381 e. The molecule has 0 heterocycles. The highest BCUT2D eigenvalue weighted by Gasteiger charge is 2.03. The number of allylic oxidation sites excluding steroid dienone is 2. The van der Waals surface area contributed by atoms with Crippen molar-refractivity contribution in [1.82, 2.24) is 4.90 Å². The van der Waals surface area contributed by atoms with Crippen LogP contribution >= 0.6 is 0 Å². The fraction of sp³-hybridized carbons (Fsp3) is 0.895. The molecule has 0 saturated carbocycles. The standard InChI is InChI=1S/C19H39NO/c1-6-13-20(14-7-2)15-9-16-21-17-12-19(5)11-8-10-18(3)4/h10,19H,6-9,11-17H2,1-5H3. The first kappa shape index (κ1) is 20.7. The fourth-order valence-electron chi connectivity index (χ4n) is 2.55. The van der Waals surface area contributed by atoms with Gasteiger partial charge in [0.05, 0.1) is 0 Å². The van der Waals surface area contributed by atoms with Crippen molar-refractivity contribution in [2.45, 2.75) is 73.1 Å². The van der Waals surface area contributed by atoms with Crippen LogP contribution in [0.5, 0.6) is 0 Å². The molecule has 0 amide bonds. The Balaban J connectivity index is 3.47. The second-order valence-electron chi connectivity index (χ2n) is 6.56. The van der Waals surface area contributed by atoms with Gasteiger partial charge in [0.2, 0.25) is 0 Å². The quantitative estimate of drug-likeness (QED) is 0.319. The van der Waals surface area contributed by atoms with E-state index in [1.54, 1.807) is 0 Å². The Kier molecular flexibility index (Phi) is 14.4. The molecule has 0 aromatic carbocycles. The topological polar surface area (TPSA) is 12.5 Å². The van der Waals surface area contributed by atoms with Gasteiger partial charge in [-0.25, -0.2) is 0 Å². The van der Waals surface area contributed by atoms with Gasteiger partial charge in [0.25, 0.3) is 0 Å². The zero-order valence-corrected chi connectivity index (χ0v) is 15.3. The van der Waals surface area contributed by atoms with Crippen LogP contribution in [0.2, 0.25) is 0 Å². The number of ether oxygens (including phenoxy) is 1. The van der Waals surface area contributed by atoms with E-state index in [4.69, 9.17) is 4.74 Å². The molecule has 126 valence electrons. The Morgan fingerprint density at radius 3 is 2.24 bits per heavy atom. The Labute approximate surface area is 133 Å². The maximum atomic E-state index is 5.80. The van der Waals surface area contributed by atoms with Crippen LogP contribution in [0, 0.1) is 5.92 Å². The fourth-order valence-corrected chi connectivity index (χ4v) is 2.55. The van der Waals surface area contributed by atoms with Crippen LogP contribution in [0.1, 0.15) is 73.1 Å². The largest absolute Gasteiger partial charge is 0.381 e. The molecule has 0 aliphatic heterocycles. The van der Waals surface area contributed by atoms with E-state index < -0.39 is 0 Å². The van der Waals surface area contributed by atoms with Crippen molar-refractivity contribution in [2.24, 2.45) is 5.92 Å². The van der Waals surface area contributed by atoms with Gasteiger partial charge in [0.15, 0.2) is 0 Å². The SMILES string of the molecule is CCCN(CCC)CCCOCCC(C)CCC=C(C)C. The van der Waals surface area contributed by atoms with Gasteiger partial charge in [0, 0.05) is 19.8 Å². The molecular weight excluding hydrogens is 258 g/mol. The predicted molar refractivity (Wildman–Crippen MR) is 94.9 cm³/mol. The van der Waals surface area contributed by atoms with Crippen molar-refractivity contribution in [3.63, 3.8) is 0 Å². The first-order valence-corrected chi connectivity index (χ1v) is 9.03. The minimum atomic E-state index is 0.775. The smallest absolute Gasteiger partial charge is 0.0478 e. The van der Waals surface area contributed by atoms with Crippen molar-refractivity contribution in [3.05, 3.63) is 11.6 Å². The van der Waals surface area contributed by atoms with Crippen LogP contribution in [0.3, 0.4) is 0 Å². The summed E-state index contributed by atoms with van der Waals surface area (Å²) >= 11 is 0. The van der Waals surface area contributed by atoms with Gasteiger partial charge in [-0.2, -0.15) is 0 Å². The van der Waals surface area contributed by atoms with Gasteiger partial charge < -0.3 is 9.64 Å². The molecule has 1 atom stereocenters. The van der Waals surface area contributed by atoms with Gasteiger partial charge in [-0.3, -0.25) is 0 Å². The zero-order valence-electron chi connectivity index (χ0n) is 15.3. The molecule has 2 nitrogen and oxygen atoms in total. The summed E-state index contributed by atoms with van der Waals surface area (Å²) in [5.74, 6) is 0.775. The molecule has 0 spiro atoms. The van der Waals surface area contributed by atoms with Crippen LogP contribution in [0.15, 0.2) is 11.6 Å². The molecule has 0 aliphatic rings. The molecule has 2 heteroatoms. The molecule has 0 bridgehead atoms. The summed E-state index contributed by atoms with van der Waals surface area (Å²) < 4.78 is 5.80. The highest BCUT2D eigenvalue weighted by Crippen LogP contribution is 2.11. The summed E-state index contributed by atoms with van der Waals surface area (Å²) in [6, 6.07) is 0. The molecule has 0 saturated heterocycles. The highest BCUT2D eigenvalue weighted by atomic mass is 16.5. The number of hydrogen-bond donors (Lipinski definition) is 0. The summed E-state index contributed by atoms with van der Waals surface area (Å²) in [4.78, 5) is 2.56. The predicted octanol–water partition coefficient (Wildman–Crippen LogP) is 5.29. The molecule has 0 aromatic heterocycles. The van der Waals surface area contributed by atoms with E-state index in [1.807, 2.05) is 0 Å². The van der Waals surface area contributed by atoms with Crippen LogP contribution in [-0.2, 0) is 4.74 Å². The molecule has 0 aromatic rings. The summed E-state index contributed by atoms with van der Waals surface area (Å²) in [5.41, 5.74) is 1.43. The minimum absolute atomic E-state index is 0.775. The highest BCUT2D eigenvalue weighted by molar-refractivity contribution is 4.92. The second kappa shape index (κ2) is 14.6.